The third-order valence-electron chi connectivity index (χ3n) is 3.30. The smallest absolute Gasteiger partial charge is 0.428 e. The summed E-state index contributed by atoms with van der Waals surface area (Å²) < 4.78 is 43.9. The maximum Gasteiger partial charge on any atom is 0.473 e. The van der Waals surface area contributed by atoms with Gasteiger partial charge in [0.2, 0.25) is 0 Å². The van der Waals surface area contributed by atoms with Gasteiger partial charge in [0.05, 0.1) is 5.69 Å². The summed E-state index contributed by atoms with van der Waals surface area (Å²) in [6, 6.07) is 0. The highest BCUT2D eigenvalue weighted by Gasteiger charge is 2.39. The van der Waals surface area contributed by atoms with Crippen LogP contribution < -0.4 is 5.68 Å². The summed E-state index contributed by atoms with van der Waals surface area (Å²) in [4.78, 5) is 14.1. The van der Waals surface area contributed by atoms with Gasteiger partial charge in [0, 0.05) is 12.5 Å². The third kappa shape index (κ3) is 3.13. The molecule has 1 heterocycles. The van der Waals surface area contributed by atoms with E-state index in [1.807, 2.05) is 13.8 Å². The zero-order valence-electron chi connectivity index (χ0n) is 11.6. The summed E-state index contributed by atoms with van der Waals surface area (Å²) in [5.41, 5.74) is 0.487. The number of hydrogen-bond acceptors (Lipinski definition) is 2. The minimum absolute atomic E-state index is 0.0189. The number of amides is 1. The molecular formula is C13H17F3N2O2. The molecule has 0 radical (unpaired) electrons. The average molecular weight is 290 g/mol. The van der Waals surface area contributed by atoms with Gasteiger partial charge in [0.1, 0.15) is 5.76 Å². The Bertz CT molecular complexity index is 577. The van der Waals surface area contributed by atoms with Crippen molar-refractivity contribution in [2.24, 2.45) is 10.9 Å². The predicted octanol–water partition coefficient (Wildman–Crippen LogP) is 2.91. The lowest BCUT2D eigenvalue weighted by Gasteiger charge is -2.04. The van der Waals surface area contributed by atoms with E-state index in [2.05, 4.69) is 4.99 Å². The van der Waals surface area contributed by atoms with Crippen molar-refractivity contribution < 1.29 is 22.4 Å². The Labute approximate surface area is 114 Å². The molecule has 1 aliphatic carbocycles. The molecule has 4 nitrogen and oxygen atoms in total. The number of oxazole rings is 1. The zero-order chi connectivity index (χ0) is 15.1. The molecule has 1 aromatic rings. The SMILES string of the molecule is Cc1c(C(C)C)oc(=NC(=O)C(F)(F)F)n1CC1CC1. The van der Waals surface area contributed by atoms with Crippen LogP contribution in [-0.4, -0.2) is 16.7 Å². The van der Waals surface area contributed by atoms with Crippen molar-refractivity contribution in [3.63, 3.8) is 0 Å². The number of carbonyl (C=O) groups is 1. The molecule has 1 amide bonds. The zero-order valence-corrected chi connectivity index (χ0v) is 11.6. The Balaban J connectivity index is 2.47. The van der Waals surface area contributed by atoms with Gasteiger partial charge in [0.15, 0.2) is 0 Å². The van der Waals surface area contributed by atoms with Crippen LogP contribution in [-0.2, 0) is 11.3 Å². The predicted molar refractivity (Wildman–Crippen MR) is 64.9 cm³/mol. The number of aromatic nitrogens is 1. The summed E-state index contributed by atoms with van der Waals surface area (Å²) in [6.45, 7) is 6.08. The second-order valence-corrected chi connectivity index (χ2v) is 5.46. The summed E-state index contributed by atoms with van der Waals surface area (Å²) in [7, 11) is 0. The summed E-state index contributed by atoms with van der Waals surface area (Å²) in [6.07, 6.45) is -2.89. The first-order valence-electron chi connectivity index (χ1n) is 6.56. The number of halogens is 3. The van der Waals surface area contributed by atoms with Crippen molar-refractivity contribution in [1.82, 2.24) is 4.57 Å². The number of rotatable bonds is 3. The normalized spacial score (nSPS) is 17.1. The minimum atomic E-state index is -4.98. The lowest BCUT2D eigenvalue weighted by molar-refractivity contribution is -0.170. The van der Waals surface area contributed by atoms with E-state index in [4.69, 9.17) is 4.42 Å². The van der Waals surface area contributed by atoms with Gasteiger partial charge >= 0.3 is 17.8 Å². The van der Waals surface area contributed by atoms with Crippen molar-refractivity contribution in [1.29, 1.82) is 0 Å². The van der Waals surface area contributed by atoms with E-state index in [9.17, 15) is 18.0 Å². The fraction of sp³-hybridized carbons (Fsp3) is 0.692. The largest absolute Gasteiger partial charge is 0.473 e. The van der Waals surface area contributed by atoms with Crippen molar-refractivity contribution in [3.8, 4) is 0 Å². The fourth-order valence-corrected chi connectivity index (χ4v) is 2.05. The molecule has 20 heavy (non-hydrogen) atoms. The van der Waals surface area contributed by atoms with Gasteiger partial charge in [-0.05, 0) is 25.7 Å². The molecule has 0 saturated heterocycles. The van der Waals surface area contributed by atoms with Crippen LogP contribution in [0, 0.1) is 12.8 Å². The molecule has 7 heteroatoms. The van der Waals surface area contributed by atoms with E-state index in [1.165, 1.54) is 0 Å². The van der Waals surface area contributed by atoms with Crippen LogP contribution in [0.15, 0.2) is 9.41 Å². The van der Waals surface area contributed by atoms with Crippen molar-refractivity contribution >= 4 is 5.91 Å². The second-order valence-electron chi connectivity index (χ2n) is 5.46. The van der Waals surface area contributed by atoms with E-state index in [1.54, 1.807) is 11.5 Å². The monoisotopic (exact) mass is 290 g/mol. The van der Waals surface area contributed by atoms with Gasteiger partial charge in [-0.25, -0.2) is 0 Å². The molecule has 1 aromatic heterocycles. The van der Waals surface area contributed by atoms with Crippen LogP contribution in [0.5, 0.6) is 0 Å². The van der Waals surface area contributed by atoms with Gasteiger partial charge in [-0.2, -0.15) is 18.2 Å². The maximum atomic E-state index is 12.3. The van der Waals surface area contributed by atoms with E-state index in [0.717, 1.165) is 18.5 Å². The van der Waals surface area contributed by atoms with Crippen LogP contribution >= 0.6 is 0 Å². The number of hydrogen-bond donors (Lipinski definition) is 0. The molecule has 2 rings (SSSR count). The van der Waals surface area contributed by atoms with Gasteiger partial charge in [-0.3, -0.25) is 9.36 Å². The van der Waals surface area contributed by atoms with Gasteiger partial charge < -0.3 is 4.42 Å². The number of alkyl halides is 3. The van der Waals surface area contributed by atoms with E-state index in [-0.39, 0.29) is 11.6 Å². The molecule has 112 valence electrons. The first-order valence-corrected chi connectivity index (χ1v) is 6.56. The molecule has 0 N–H and O–H groups in total. The lowest BCUT2D eigenvalue weighted by atomic mass is 10.1. The standard InChI is InChI=1S/C13H17F3N2O2/c1-7(2)10-8(3)18(6-9-4-5-9)12(20-10)17-11(19)13(14,15)16/h7,9H,4-6H2,1-3H3. The molecule has 0 aromatic carbocycles. The molecule has 0 aliphatic heterocycles. The van der Waals surface area contributed by atoms with E-state index < -0.39 is 12.1 Å². The highest BCUT2D eigenvalue weighted by atomic mass is 19.4. The van der Waals surface area contributed by atoms with E-state index in [0.29, 0.717) is 18.2 Å². The third-order valence-corrected chi connectivity index (χ3v) is 3.30. The Morgan fingerprint density at radius 1 is 1.45 bits per heavy atom. The highest BCUT2D eigenvalue weighted by Crippen LogP contribution is 2.31. The highest BCUT2D eigenvalue weighted by molar-refractivity contribution is 5.82. The number of carbonyl (C=O) groups excluding carboxylic acids is 1. The molecule has 0 spiro atoms. The second kappa shape index (κ2) is 5.10. The quantitative estimate of drug-likeness (QED) is 0.859. The Kier molecular flexibility index (Phi) is 3.80. The van der Waals surface area contributed by atoms with E-state index >= 15 is 0 Å². The molecular weight excluding hydrogens is 273 g/mol. The van der Waals surface area contributed by atoms with Gasteiger partial charge in [-0.1, -0.05) is 13.8 Å². The fourth-order valence-electron chi connectivity index (χ4n) is 2.05. The van der Waals surface area contributed by atoms with Crippen LogP contribution in [0.25, 0.3) is 0 Å². The molecule has 0 atom stereocenters. The van der Waals surface area contributed by atoms with Gasteiger partial charge in [0.25, 0.3) is 0 Å². The lowest BCUT2D eigenvalue weighted by Crippen LogP contribution is -2.26. The number of nitrogens with zero attached hydrogens (tertiary/aromatic N) is 2. The topological polar surface area (TPSA) is 47.5 Å². The van der Waals surface area contributed by atoms with Crippen molar-refractivity contribution in [2.75, 3.05) is 0 Å². The molecule has 1 saturated carbocycles. The summed E-state index contributed by atoms with van der Waals surface area (Å²) in [5.74, 6) is -1.11. The Hall–Kier alpha value is -1.53. The first-order chi connectivity index (χ1) is 9.20. The summed E-state index contributed by atoms with van der Waals surface area (Å²) in [5, 5.41) is 0. The first kappa shape index (κ1) is 14.9. The average Bonchev–Trinajstić information content (AvgIpc) is 3.07. The molecule has 1 aliphatic rings. The van der Waals surface area contributed by atoms with Gasteiger partial charge in [-0.15, -0.1) is 0 Å². The van der Waals surface area contributed by atoms with Crippen LogP contribution in [0.3, 0.4) is 0 Å². The Morgan fingerprint density at radius 3 is 2.50 bits per heavy atom. The van der Waals surface area contributed by atoms with Crippen LogP contribution in [0.1, 0.15) is 44.1 Å². The van der Waals surface area contributed by atoms with Crippen molar-refractivity contribution in [3.05, 3.63) is 17.1 Å². The van der Waals surface area contributed by atoms with Crippen LogP contribution in [0.2, 0.25) is 0 Å². The van der Waals surface area contributed by atoms with Crippen LogP contribution in [0.4, 0.5) is 13.2 Å². The minimum Gasteiger partial charge on any atom is -0.428 e. The molecule has 0 bridgehead atoms. The van der Waals surface area contributed by atoms with Crippen molar-refractivity contribution in [2.45, 2.75) is 52.3 Å². The summed E-state index contributed by atoms with van der Waals surface area (Å²) >= 11 is 0. The Morgan fingerprint density at radius 2 is 2.05 bits per heavy atom. The maximum absolute atomic E-state index is 12.3. The molecule has 0 unspecified atom stereocenters. The molecule has 1 fully saturated rings.